The summed E-state index contributed by atoms with van der Waals surface area (Å²) in [7, 11) is 0. The standard InChI is InChI=1S/C34H36GeN4O6/c1-5-34(45-21(2)40)27-17-29-30-25(18-39(29)31(41)26(27)19-44-32(34)42)23(24-13-9-10-14-28(24)38-30)15-16-35(3,4)20-36-33(43)37-22-11-7-6-8-12-22/h6-14,17H,5,15-16,18-20H2,1-4H3,(H2,36,37,43)/t34-/m0/s1. The van der Waals surface area contributed by atoms with Gasteiger partial charge in [0.1, 0.15) is 0 Å². The minimum atomic E-state index is -2.49. The molecule has 2 aromatic carbocycles. The van der Waals surface area contributed by atoms with Crippen LogP contribution in [0.5, 0.6) is 0 Å². The predicted molar refractivity (Wildman–Crippen MR) is 174 cm³/mol. The number of pyridine rings is 2. The number of carbonyl (C=O) groups is 3. The van der Waals surface area contributed by atoms with Gasteiger partial charge in [-0.05, 0) is 0 Å². The zero-order chi connectivity index (χ0) is 31.9. The van der Waals surface area contributed by atoms with Crippen molar-refractivity contribution in [3.63, 3.8) is 0 Å². The number of anilines is 1. The van der Waals surface area contributed by atoms with Gasteiger partial charge in [0.15, 0.2) is 0 Å². The molecule has 0 saturated heterocycles. The van der Waals surface area contributed by atoms with E-state index in [4.69, 9.17) is 14.5 Å². The molecule has 4 heterocycles. The second-order valence-corrected chi connectivity index (χ2v) is 23.3. The van der Waals surface area contributed by atoms with Crippen molar-refractivity contribution in [2.24, 2.45) is 0 Å². The van der Waals surface area contributed by atoms with Crippen molar-refractivity contribution in [2.45, 2.75) is 62.2 Å². The summed E-state index contributed by atoms with van der Waals surface area (Å²) in [5, 5.41) is 8.61. The van der Waals surface area contributed by atoms with Crippen LogP contribution in [0.3, 0.4) is 0 Å². The van der Waals surface area contributed by atoms with Gasteiger partial charge >= 0.3 is 264 Å². The molecule has 0 aliphatic carbocycles. The van der Waals surface area contributed by atoms with Crippen LogP contribution in [0.15, 0.2) is 65.5 Å². The molecular formula is C34H36GeN4O6. The summed E-state index contributed by atoms with van der Waals surface area (Å²) in [6.45, 7) is 3.14. The van der Waals surface area contributed by atoms with E-state index in [2.05, 4.69) is 28.2 Å². The van der Waals surface area contributed by atoms with Crippen LogP contribution in [-0.2, 0) is 44.2 Å². The van der Waals surface area contributed by atoms with Crippen molar-refractivity contribution in [1.82, 2.24) is 14.9 Å². The van der Waals surface area contributed by atoms with E-state index >= 15 is 0 Å². The van der Waals surface area contributed by atoms with Crippen molar-refractivity contribution < 1.29 is 23.9 Å². The van der Waals surface area contributed by atoms with Gasteiger partial charge in [-0.3, -0.25) is 0 Å². The van der Waals surface area contributed by atoms with Crippen LogP contribution >= 0.6 is 0 Å². The summed E-state index contributed by atoms with van der Waals surface area (Å²) >= 11 is -2.49. The molecule has 0 spiro atoms. The number of ether oxygens (including phenoxy) is 2. The number of amides is 2. The van der Waals surface area contributed by atoms with Crippen molar-refractivity contribution >= 4 is 47.8 Å². The number of fused-ring (bicyclic) bond motifs is 5. The van der Waals surface area contributed by atoms with Gasteiger partial charge in [0, 0.05) is 0 Å². The van der Waals surface area contributed by atoms with E-state index in [1.165, 1.54) is 6.92 Å². The molecule has 10 nitrogen and oxygen atoms in total. The van der Waals surface area contributed by atoms with Crippen LogP contribution in [0, 0.1) is 0 Å². The van der Waals surface area contributed by atoms with E-state index in [-0.39, 0.29) is 24.6 Å². The summed E-state index contributed by atoms with van der Waals surface area (Å²) in [5.74, 6) is 3.29. The Bertz CT molecular complexity index is 1900. The summed E-state index contributed by atoms with van der Waals surface area (Å²) < 4.78 is 12.7. The fourth-order valence-corrected chi connectivity index (χ4v) is 10.0. The minimum absolute atomic E-state index is 0.128. The second-order valence-electron chi connectivity index (χ2n) is 12.4. The van der Waals surface area contributed by atoms with Gasteiger partial charge in [0.25, 0.3) is 0 Å². The molecule has 0 fully saturated rings. The van der Waals surface area contributed by atoms with Crippen LogP contribution < -0.4 is 16.2 Å². The van der Waals surface area contributed by atoms with E-state index in [0.717, 1.165) is 39.4 Å². The normalized spacial score (nSPS) is 16.8. The zero-order valence-electron chi connectivity index (χ0n) is 25.9. The molecule has 0 saturated carbocycles. The number of hydrogen-bond acceptors (Lipinski definition) is 7. The van der Waals surface area contributed by atoms with E-state index in [9.17, 15) is 19.2 Å². The van der Waals surface area contributed by atoms with E-state index in [1.807, 2.05) is 48.5 Å². The van der Waals surface area contributed by atoms with Crippen LogP contribution in [0.25, 0.3) is 22.3 Å². The Morgan fingerprint density at radius 3 is 2.53 bits per heavy atom. The number of nitrogens with zero attached hydrogens (tertiary/aromatic N) is 2. The number of hydrogen-bond donors (Lipinski definition) is 2. The molecule has 2 N–H and O–H groups in total. The maximum atomic E-state index is 13.9. The molecule has 6 rings (SSSR count). The summed E-state index contributed by atoms with van der Waals surface area (Å²) in [6.07, 6.45) is 0.903. The number of nitrogens with one attached hydrogen (secondary N) is 2. The Labute approximate surface area is 263 Å². The molecule has 0 bridgehead atoms. The number of carbonyl (C=O) groups excluding carboxylic acids is 3. The maximum absolute atomic E-state index is 13.9. The van der Waals surface area contributed by atoms with E-state index < -0.39 is 30.8 Å². The Balaban J connectivity index is 1.34. The van der Waals surface area contributed by atoms with Gasteiger partial charge < -0.3 is 0 Å². The molecular weight excluding hydrogens is 633 g/mol. The quantitative estimate of drug-likeness (QED) is 0.170. The number of benzene rings is 2. The molecule has 2 aliphatic heterocycles. The second kappa shape index (κ2) is 11.8. The number of aromatic nitrogens is 2. The molecule has 0 unspecified atom stereocenters. The number of cyclic esters (lactones) is 1. The third-order valence-electron chi connectivity index (χ3n) is 8.81. The molecule has 2 aromatic heterocycles. The fraction of sp³-hybridized carbons (Fsp3) is 0.324. The average molecular weight is 669 g/mol. The van der Waals surface area contributed by atoms with Crippen molar-refractivity contribution in [3.8, 4) is 11.4 Å². The molecule has 2 aliphatic rings. The SMILES string of the molecule is CC[C@@]1(OC(C)=O)C(=O)OCc2c1cc1n(c2=O)Cc2c-1nc1ccccc1c2C[CH2][Ge]([CH3])([CH3])[CH2]NC(=O)Nc1ccccc1. The molecule has 4 aromatic rings. The van der Waals surface area contributed by atoms with E-state index in [0.29, 0.717) is 34.4 Å². The molecule has 45 heavy (non-hydrogen) atoms. The van der Waals surface area contributed by atoms with Gasteiger partial charge in [-0.15, -0.1) is 0 Å². The number of aryl methyl sites for hydroxylation is 1. The predicted octanol–water partition coefficient (Wildman–Crippen LogP) is 5.26. The molecule has 232 valence electrons. The first kappa shape index (κ1) is 30.6. The third-order valence-corrected chi connectivity index (χ3v) is 14.6. The van der Waals surface area contributed by atoms with E-state index in [1.54, 1.807) is 17.6 Å². The van der Waals surface area contributed by atoms with Crippen LogP contribution in [0.4, 0.5) is 10.5 Å². The monoisotopic (exact) mass is 670 g/mol. The van der Waals surface area contributed by atoms with Gasteiger partial charge in [0.2, 0.25) is 0 Å². The summed E-state index contributed by atoms with van der Waals surface area (Å²) in [6, 6.07) is 18.9. The number of esters is 2. The topological polar surface area (TPSA) is 129 Å². The first-order valence-electron chi connectivity index (χ1n) is 15.2. The van der Waals surface area contributed by atoms with Crippen LogP contribution in [0.2, 0.25) is 16.8 Å². The molecule has 0 radical (unpaired) electrons. The Hall–Kier alpha value is -4.45. The van der Waals surface area contributed by atoms with Crippen LogP contribution in [0.1, 0.15) is 42.5 Å². The van der Waals surface area contributed by atoms with Gasteiger partial charge in [-0.25, -0.2) is 0 Å². The van der Waals surface area contributed by atoms with Crippen molar-refractivity contribution in [1.29, 1.82) is 0 Å². The van der Waals surface area contributed by atoms with Gasteiger partial charge in [-0.1, -0.05) is 0 Å². The third kappa shape index (κ3) is 5.63. The molecule has 2 amide bonds. The van der Waals surface area contributed by atoms with Gasteiger partial charge in [0.05, 0.1) is 0 Å². The first-order chi connectivity index (χ1) is 21.5. The number of para-hydroxylation sites is 2. The molecule has 1 atom stereocenters. The molecule has 11 heteroatoms. The summed E-state index contributed by atoms with van der Waals surface area (Å²) in [4.78, 5) is 56.7. The summed E-state index contributed by atoms with van der Waals surface area (Å²) in [5.41, 5.74) is 3.69. The number of urea groups is 1. The van der Waals surface area contributed by atoms with Crippen molar-refractivity contribution in [3.05, 3.63) is 93.3 Å². The Morgan fingerprint density at radius 2 is 1.80 bits per heavy atom. The van der Waals surface area contributed by atoms with Crippen LogP contribution in [-0.4, -0.2) is 46.2 Å². The number of rotatable bonds is 8. The van der Waals surface area contributed by atoms with Crippen molar-refractivity contribution in [2.75, 3.05) is 10.7 Å². The fourth-order valence-electron chi connectivity index (χ4n) is 6.37. The average Bonchev–Trinajstić information content (AvgIpc) is 3.39. The van der Waals surface area contributed by atoms with Gasteiger partial charge in [-0.2, -0.15) is 0 Å². The first-order valence-corrected chi connectivity index (χ1v) is 22.3. The zero-order valence-corrected chi connectivity index (χ0v) is 28.0. The Morgan fingerprint density at radius 1 is 1.07 bits per heavy atom. The Kier molecular flexibility index (Phi) is 8.02.